The number of pyridine rings is 1. The van der Waals surface area contributed by atoms with Gasteiger partial charge in [0.25, 0.3) is 0 Å². The lowest BCUT2D eigenvalue weighted by Gasteiger charge is -2.09. The molecule has 0 atom stereocenters. The van der Waals surface area contributed by atoms with Crippen molar-refractivity contribution in [2.75, 3.05) is 26.4 Å². The Morgan fingerprint density at radius 1 is 1.42 bits per heavy atom. The Hall–Kier alpha value is -2.36. The molecule has 1 fully saturated rings. The van der Waals surface area contributed by atoms with Gasteiger partial charge in [-0.2, -0.15) is 0 Å². The minimum atomic E-state index is -0.604. The van der Waals surface area contributed by atoms with E-state index in [4.69, 9.17) is 30.5 Å². The summed E-state index contributed by atoms with van der Waals surface area (Å²) in [5.41, 5.74) is 0.741. The molecule has 24 heavy (non-hydrogen) atoms. The van der Waals surface area contributed by atoms with E-state index < -0.39 is 12.3 Å². The summed E-state index contributed by atoms with van der Waals surface area (Å²) in [7, 11) is 0. The number of aromatic nitrogens is 3. The van der Waals surface area contributed by atoms with Crippen LogP contribution >= 0.6 is 11.6 Å². The molecule has 1 N–H and O–H groups in total. The average molecular weight is 356 g/mol. The maximum absolute atomic E-state index is 11.6. The van der Waals surface area contributed by atoms with Gasteiger partial charge in [0.15, 0.2) is 12.9 Å². The highest BCUT2D eigenvalue weighted by atomic mass is 35.5. The van der Waals surface area contributed by atoms with Crippen LogP contribution in [0.4, 0.5) is 0 Å². The second-order valence-electron chi connectivity index (χ2n) is 4.76. The predicted octanol–water partition coefficient (Wildman–Crippen LogP) is 1.13. The van der Waals surface area contributed by atoms with Crippen LogP contribution < -0.4 is 4.74 Å². The maximum atomic E-state index is 11.6. The van der Waals surface area contributed by atoms with Gasteiger partial charge in [0.1, 0.15) is 12.3 Å². The van der Waals surface area contributed by atoms with Crippen LogP contribution in [0.1, 0.15) is 0 Å². The van der Waals surface area contributed by atoms with Crippen molar-refractivity contribution in [3.05, 3.63) is 29.4 Å². The molecular formula is C14H14ClN3O6. The summed E-state index contributed by atoms with van der Waals surface area (Å²) in [5.74, 6) is -0.553. The first-order valence-corrected chi connectivity index (χ1v) is 7.42. The number of ether oxygens (including phenoxy) is 4. The van der Waals surface area contributed by atoms with Gasteiger partial charge >= 0.3 is 5.97 Å². The third kappa shape index (κ3) is 4.13. The van der Waals surface area contributed by atoms with Crippen molar-refractivity contribution in [2.45, 2.75) is 6.29 Å². The highest BCUT2D eigenvalue weighted by molar-refractivity contribution is 6.30. The molecule has 2 aromatic heterocycles. The SMILES string of the molecule is O=C(COc1cc(-c2ccc(Cl)cn2)n(O)n1)OCC1OCCO1. The number of hydrogen-bond donors (Lipinski definition) is 1. The molecule has 1 aliphatic heterocycles. The quantitative estimate of drug-likeness (QED) is 0.607. The van der Waals surface area contributed by atoms with Crippen LogP contribution in [0.15, 0.2) is 24.4 Å². The van der Waals surface area contributed by atoms with Crippen LogP contribution in [0.25, 0.3) is 11.4 Å². The molecule has 128 valence electrons. The van der Waals surface area contributed by atoms with E-state index in [-0.39, 0.29) is 19.1 Å². The number of rotatable bonds is 6. The Labute approximate surface area is 141 Å². The topological polar surface area (TPSA) is 105 Å². The maximum Gasteiger partial charge on any atom is 0.344 e. The van der Waals surface area contributed by atoms with Gasteiger partial charge in [-0.15, -0.1) is 0 Å². The first-order chi connectivity index (χ1) is 11.6. The molecule has 1 saturated heterocycles. The number of carbonyl (C=O) groups excluding carboxylic acids is 1. The summed E-state index contributed by atoms with van der Waals surface area (Å²) in [6.45, 7) is 0.593. The Morgan fingerprint density at radius 2 is 2.21 bits per heavy atom. The lowest BCUT2D eigenvalue weighted by Crippen LogP contribution is -2.22. The van der Waals surface area contributed by atoms with Crippen molar-refractivity contribution in [3.8, 4) is 17.3 Å². The minimum Gasteiger partial charge on any atom is -0.464 e. The Bertz CT molecular complexity index is 699. The van der Waals surface area contributed by atoms with Gasteiger partial charge in [0.2, 0.25) is 5.88 Å². The van der Waals surface area contributed by atoms with Crippen LogP contribution in [0, 0.1) is 0 Å². The highest BCUT2D eigenvalue weighted by Crippen LogP contribution is 2.22. The van der Waals surface area contributed by atoms with Gasteiger partial charge in [-0.25, -0.2) is 4.79 Å². The van der Waals surface area contributed by atoms with E-state index in [0.29, 0.717) is 34.5 Å². The minimum absolute atomic E-state index is 0.00339. The molecule has 9 nitrogen and oxygen atoms in total. The zero-order valence-corrected chi connectivity index (χ0v) is 13.2. The first-order valence-electron chi connectivity index (χ1n) is 7.04. The zero-order chi connectivity index (χ0) is 16.9. The van der Waals surface area contributed by atoms with Crippen LogP contribution in [-0.2, 0) is 19.0 Å². The molecule has 3 rings (SSSR count). The van der Waals surface area contributed by atoms with Crippen LogP contribution in [0.5, 0.6) is 5.88 Å². The van der Waals surface area contributed by atoms with E-state index in [1.807, 2.05) is 0 Å². The summed E-state index contributed by atoms with van der Waals surface area (Å²) in [5, 5.41) is 14.0. The van der Waals surface area contributed by atoms with Gasteiger partial charge < -0.3 is 24.2 Å². The molecule has 2 aromatic rings. The zero-order valence-electron chi connectivity index (χ0n) is 12.4. The van der Waals surface area contributed by atoms with Crippen LogP contribution in [-0.4, -0.2) is 58.8 Å². The molecule has 0 radical (unpaired) electrons. The Balaban J connectivity index is 1.53. The second kappa shape index (κ2) is 7.47. The van der Waals surface area contributed by atoms with Gasteiger partial charge in [-0.3, -0.25) is 4.98 Å². The fraction of sp³-hybridized carbons (Fsp3) is 0.357. The normalized spacial score (nSPS) is 14.7. The fourth-order valence-corrected chi connectivity index (χ4v) is 2.08. The lowest BCUT2D eigenvalue weighted by molar-refractivity contribution is -0.158. The molecule has 0 amide bonds. The first kappa shape index (κ1) is 16.5. The largest absolute Gasteiger partial charge is 0.464 e. The molecule has 1 aliphatic rings. The number of halogens is 1. The smallest absolute Gasteiger partial charge is 0.344 e. The van der Waals surface area contributed by atoms with Gasteiger partial charge in [-0.1, -0.05) is 21.5 Å². The molecule has 0 unspecified atom stereocenters. The van der Waals surface area contributed by atoms with E-state index in [9.17, 15) is 10.0 Å². The van der Waals surface area contributed by atoms with Crippen LogP contribution in [0.2, 0.25) is 5.02 Å². The summed E-state index contributed by atoms with van der Waals surface area (Å²) in [4.78, 5) is 16.3. The monoisotopic (exact) mass is 355 g/mol. The standard InChI is InChI=1S/C14H14ClN3O6/c15-9-1-2-10(16-6-9)11-5-12(17-18(11)20)23-7-13(19)24-8-14-21-3-4-22-14/h1-2,5-6,14,20H,3-4,7-8H2. The van der Waals surface area contributed by atoms with E-state index in [1.165, 1.54) is 12.3 Å². The van der Waals surface area contributed by atoms with Crippen molar-refractivity contribution >= 4 is 17.6 Å². The molecule has 3 heterocycles. The number of hydrogen-bond acceptors (Lipinski definition) is 8. The van der Waals surface area contributed by atoms with Gasteiger partial charge in [-0.05, 0) is 12.1 Å². The van der Waals surface area contributed by atoms with Crippen molar-refractivity contribution in [1.29, 1.82) is 0 Å². The van der Waals surface area contributed by atoms with Crippen LogP contribution in [0.3, 0.4) is 0 Å². The third-order valence-corrected chi connectivity index (χ3v) is 3.29. The summed E-state index contributed by atoms with van der Waals surface area (Å²) in [6, 6.07) is 4.68. The van der Waals surface area contributed by atoms with E-state index in [1.54, 1.807) is 12.1 Å². The molecule has 0 spiro atoms. The summed E-state index contributed by atoms with van der Waals surface area (Å²) in [6.07, 6.45) is 0.905. The summed E-state index contributed by atoms with van der Waals surface area (Å²) < 4.78 is 20.4. The van der Waals surface area contributed by atoms with E-state index in [2.05, 4.69) is 10.1 Å². The fourth-order valence-electron chi connectivity index (χ4n) is 1.96. The van der Waals surface area contributed by atoms with E-state index in [0.717, 1.165) is 0 Å². The van der Waals surface area contributed by atoms with Crippen molar-refractivity contribution < 1.29 is 28.9 Å². The lowest BCUT2D eigenvalue weighted by atomic mass is 10.3. The van der Waals surface area contributed by atoms with Crippen molar-refractivity contribution in [1.82, 2.24) is 14.9 Å². The van der Waals surface area contributed by atoms with Gasteiger partial charge in [0, 0.05) is 12.3 Å². The predicted molar refractivity (Wildman–Crippen MR) is 79.8 cm³/mol. The second-order valence-corrected chi connectivity index (χ2v) is 5.20. The van der Waals surface area contributed by atoms with E-state index >= 15 is 0 Å². The average Bonchev–Trinajstić information content (AvgIpc) is 3.21. The number of nitrogens with zero attached hydrogens (tertiary/aromatic N) is 3. The van der Waals surface area contributed by atoms with Gasteiger partial charge in [0.05, 0.1) is 23.9 Å². The Morgan fingerprint density at radius 3 is 2.92 bits per heavy atom. The molecular weight excluding hydrogens is 342 g/mol. The van der Waals surface area contributed by atoms with Crippen molar-refractivity contribution in [2.24, 2.45) is 0 Å². The Kier molecular flexibility index (Phi) is 5.14. The number of carbonyl (C=O) groups is 1. The highest BCUT2D eigenvalue weighted by Gasteiger charge is 2.18. The molecule has 0 aromatic carbocycles. The molecule has 10 heteroatoms. The molecule has 0 bridgehead atoms. The van der Waals surface area contributed by atoms with Crippen molar-refractivity contribution in [3.63, 3.8) is 0 Å². The molecule has 0 saturated carbocycles. The molecule has 0 aliphatic carbocycles. The summed E-state index contributed by atoms with van der Waals surface area (Å²) >= 11 is 5.76. The number of esters is 1. The third-order valence-electron chi connectivity index (χ3n) is 3.07.